The Bertz CT molecular complexity index is 866. The minimum absolute atomic E-state index is 0.0111. The van der Waals surface area contributed by atoms with Gasteiger partial charge >= 0.3 is 11.9 Å². The van der Waals surface area contributed by atoms with Crippen LogP contribution in [0.15, 0.2) is 54.6 Å². The Morgan fingerprint density at radius 2 is 1.81 bits per heavy atom. The first-order valence-corrected chi connectivity index (χ1v) is 7.93. The fourth-order valence-electron chi connectivity index (χ4n) is 1.97. The quantitative estimate of drug-likeness (QED) is 0.442. The number of carbonyl (C=O) groups is 2. The summed E-state index contributed by atoms with van der Waals surface area (Å²) in [6.07, 6.45) is 4.80. The lowest BCUT2D eigenvalue weighted by Crippen LogP contribution is -2.09. The molecule has 0 saturated carbocycles. The molecule has 0 fully saturated rings. The molecule has 2 rings (SSSR count). The first kappa shape index (κ1) is 18.9. The van der Waals surface area contributed by atoms with Crippen LogP contribution in [0.1, 0.15) is 35.7 Å². The molecule has 0 saturated heterocycles. The van der Waals surface area contributed by atoms with E-state index in [-0.39, 0.29) is 22.6 Å². The highest BCUT2D eigenvalue weighted by Gasteiger charge is 2.11. The van der Waals surface area contributed by atoms with E-state index in [4.69, 9.17) is 14.7 Å². The van der Waals surface area contributed by atoms with Crippen LogP contribution in [0.5, 0.6) is 11.5 Å². The molecule has 6 heteroatoms. The highest BCUT2D eigenvalue weighted by atomic mass is 19.1. The molecular weight excluding hydrogens is 337 g/mol. The number of ether oxygens (including phenoxy) is 2. The van der Waals surface area contributed by atoms with Gasteiger partial charge in [0.25, 0.3) is 0 Å². The Morgan fingerprint density at radius 3 is 2.42 bits per heavy atom. The molecule has 0 aliphatic heterocycles. The summed E-state index contributed by atoms with van der Waals surface area (Å²) >= 11 is 0. The number of halogens is 1. The van der Waals surface area contributed by atoms with E-state index in [1.807, 2.05) is 6.92 Å². The lowest BCUT2D eigenvalue weighted by molar-refractivity contribution is -0.129. The zero-order valence-corrected chi connectivity index (χ0v) is 14.1. The second-order valence-corrected chi connectivity index (χ2v) is 5.28. The van der Waals surface area contributed by atoms with Crippen LogP contribution >= 0.6 is 0 Å². The van der Waals surface area contributed by atoms with Gasteiger partial charge in [0.2, 0.25) is 0 Å². The molecule has 0 N–H and O–H groups in total. The number of hydrogen-bond donors (Lipinski definition) is 0. The maximum atomic E-state index is 13.5. The summed E-state index contributed by atoms with van der Waals surface area (Å²) in [4.78, 5) is 23.6. The molecule has 2 aromatic carbocycles. The Labute approximate surface area is 150 Å². The van der Waals surface area contributed by atoms with E-state index < -0.39 is 17.8 Å². The standard InChI is InChI=1S/C20H16FNO4/c1-2-3-4-5-19(23)25-16-9-6-14(7-10-16)20(24)26-17-11-8-15(13-22)18(21)12-17/h4-12H,2-3H2,1H3. The molecule has 26 heavy (non-hydrogen) atoms. The highest BCUT2D eigenvalue weighted by Crippen LogP contribution is 2.19. The summed E-state index contributed by atoms with van der Waals surface area (Å²) in [5, 5.41) is 8.68. The summed E-state index contributed by atoms with van der Waals surface area (Å²) < 4.78 is 23.7. The van der Waals surface area contributed by atoms with E-state index >= 15 is 0 Å². The van der Waals surface area contributed by atoms with Crippen molar-refractivity contribution in [2.24, 2.45) is 0 Å². The van der Waals surface area contributed by atoms with Gasteiger partial charge in [-0.3, -0.25) is 0 Å². The number of hydrogen-bond acceptors (Lipinski definition) is 5. The van der Waals surface area contributed by atoms with Crippen LogP contribution in [-0.2, 0) is 4.79 Å². The number of rotatable bonds is 6. The van der Waals surface area contributed by atoms with Crippen molar-refractivity contribution in [1.29, 1.82) is 5.26 Å². The molecule has 5 nitrogen and oxygen atoms in total. The average Bonchev–Trinajstić information content (AvgIpc) is 2.62. The summed E-state index contributed by atoms with van der Waals surface area (Å²) in [6, 6.07) is 11.0. The number of unbranched alkanes of at least 4 members (excludes halogenated alkanes) is 1. The average molecular weight is 353 g/mol. The predicted molar refractivity (Wildman–Crippen MR) is 92.2 cm³/mol. The van der Waals surface area contributed by atoms with Crippen molar-refractivity contribution in [3.63, 3.8) is 0 Å². The normalized spacial score (nSPS) is 10.3. The van der Waals surface area contributed by atoms with E-state index in [0.717, 1.165) is 18.9 Å². The number of benzene rings is 2. The van der Waals surface area contributed by atoms with E-state index in [9.17, 15) is 14.0 Å². The van der Waals surface area contributed by atoms with Crippen LogP contribution in [0.3, 0.4) is 0 Å². The number of allylic oxidation sites excluding steroid dienone is 1. The number of esters is 2. The molecular formula is C20H16FNO4. The molecule has 0 aromatic heterocycles. The number of nitriles is 1. The smallest absolute Gasteiger partial charge is 0.343 e. The van der Waals surface area contributed by atoms with Gasteiger partial charge in [0.05, 0.1) is 11.1 Å². The Hall–Kier alpha value is -3.46. The van der Waals surface area contributed by atoms with Crippen molar-refractivity contribution < 1.29 is 23.5 Å². The zero-order chi connectivity index (χ0) is 18.9. The van der Waals surface area contributed by atoms with E-state index in [2.05, 4.69) is 0 Å². The minimum atomic E-state index is -0.767. The molecule has 0 spiro atoms. The first-order chi connectivity index (χ1) is 12.5. The maximum absolute atomic E-state index is 13.5. The molecule has 0 unspecified atom stereocenters. The van der Waals surface area contributed by atoms with Crippen LogP contribution in [0.2, 0.25) is 0 Å². The highest BCUT2D eigenvalue weighted by molar-refractivity contribution is 5.91. The molecule has 0 heterocycles. The topological polar surface area (TPSA) is 76.4 Å². The lowest BCUT2D eigenvalue weighted by Gasteiger charge is -2.06. The fourth-order valence-corrected chi connectivity index (χ4v) is 1.97. The van der Waals surface area contributed by atoms with Crippen LogP contribution < -0.4 is 9.47 Å². The molecule has 2 aromatic rings. The van der Waals surface area contributed by atoms with Gasteiger partial charge < -0.3 is 9.47 Å². The Morgan fingerprint density at radius 1 is 1.12 bits per heavy atom. The van der Waals surface area contributed by atoms with Crippen LogP contribution in [0.4, 0.5) is 4.39 Å². The van der Waals surface area contributed by atoms with Crippen LogP contribution in [-0.4, -0.2) is 11.9 Å². The monoisotopic (exact) mass is 353 g/mol. The summed E-state index contributed by atoms with van der Waals surface area (Å²) in [7, 11) is 0. The predicted octanol–water partition coefficient (Wildman–Crippen LogP) is 4.18. The van der Waals surface area contributed by atoms with Crippen molar-refractivity contribution in [2.45, 2.75) is 19.8 Å². The number of nitrogens with zero attached hydrogens (tertiary/aromatic N) is 1. The lowest BCUT2D eigenvalue weighted by atomic mass is 10.2. The van der Waals surface area contributed by atoms with E-state index in [0.29, 0.717) is 0 Å². The van der Waals surface area contributed by atoms with Gasteiger partial charge in [-0.05, 0) is 42.8 Å². The molecule has 0 amide bonds. The van der Waals surface area contributed by atoms with Crippen LogP contribution in [0.25, 0.3) is 0 Å². The largest absolute Gasteiger partial charge is 0.423 e. The third-order valence-electron chi connectivity index (χ3n) is 3.29. The molecule has 132 valence electrons. The second-order valence-electron chi connectivity index (χ2n) is 5.28. The Kier molecular flexibility index (Phi) is 6.63. The SMILES string of the molecule is CCCC=CC(=O)Oc1ccc(C(=O)Oc2ccc(C#N)c(F)c2)cc1. The van der Waals surface area contributed by atoms with Crippen LogP contribution in [0, 0.1) is 17.1 Å². The summed E-state index contributed by atoms with van der Waals surface area (Å²) in [5.41, 5.74) is 0.0695. The minimum Gasteiger partial charge on any atom is -0.423 e. The van der Waals surface area contributed by atoms with Gasteiger partial charge in [-0.15, -0.1) is 0 Å². The second kappa shape index (κ2) is 9.14. The molecule has 0 aliphatic carbocycles. The van der Waals surface area contributed by atoms with Gasteiger partial charge in [0, 0.05) is 12.1 Å². The first-order valence-electron chi connectivity index (χ1n) is 7.93. The fraction of sp³-hybridized carbons (Fsp3) is 0.150. The zero-order valence-electron chi connectivity index (χ0n) is 14.1. The third-order valence-corrected chi connectivity index (χ3v) is 3.29. The van der Waals surface area contributed by atoms with Gasteiger partial charge in [0.15, 0.2) is 0 Å². The van der Waals surface area contributed by atoms with Gasteiger partial charge in [-0.25, -0.2) is 14.0 Å². The van der Waals surface area contributed by atoms with Gasteiger partial charge in [0.1, 0.15) is 23.4 Å². The van der Waals surface area contributed by atoms with Crippen molar-refractivity contribution in [3.05, 3.63) is 71.6 Å². The Balaban J connectivity index is 1.99. The van der Waals surface area contributed by atoms with E-state index in [1.165, 1.54) is 42.5 Å². The molecule has 0 aliphatic rings. The van der Waals surface area contributed by atoms with Crippen molar-refractivity contribution in [1.82, 2.24) is 0 Å². The van der Waals surface area contributed by atoms with Crippen molar-refractivity contribution >= 4 is 11.9 Å². The van der Waals surface area contributed by atoms with Crippen molar-refractivity contribution in [3.8, 4) is 17.6 Å². The molecule has 0 radical (unpaired) electrons. The molecule has 0 bridgehead atoms. The summed E-state index contributed by atoms with van der Waals surface area (Å²) in [6.45, 7) is 2.00. The summed E-state index contributed by atoms with van der Waals surface area (Å²) in [5.74, 6) is -1.69. The number of carbonyl (C=O) groups excluding carboxylic acids is 2. The van der Waals surface area contributed by atoms with E-state index in [1.54, 1.807) is 12.1 Å². The van der Waals surface area contributed by atoms with Crippen molar-refractivity contribution in [2.75, 3.05) is 0 Å². The molecule has 0 atom stereocenters. The maximum Gasteiger partial charge on any atom is 0.343 e. The third kappa shape index (κ3) is 5.28. The van der Waals surface area contributed by atoms with Gasteiger partial charge in [-0.1, -0.05) is 19.4 Å². The van der Waals surface area contributed by atoms with Gasteiger partial charge in [-0.2, -0.15) is 5.26 Å².